The van der Waals surface area contributed by atoms with Crippen LogP contribution in [-0.4, -0.2) is 29.2 Å². The van der Waals surface area contributed by atoms with Gasteiger partial charge < -0.3 is 5.32 Å². The van der Waals surface area contributed by atoms with Crippen LogP contribution in [-0.2, 0) is 4.79 Å². The number of carbonyl (C=O) groups excluding carboxylic acids is 3. The molecule has 2 aromatic rings. The molecule has 1 aliphatic rings. The van der Waals surface area contributed by atoms with E-state index in [9.17, 15) is 14.4 Å². The summed E-state index contributed by atoms with van der Waals surface area (Å²) in [6.45, 7) is 0.0304. The Hall–Kier alpha value is -2.66. The number of benzene rings is 2. The van der Waals surface area contributed by atoms with Gasteiger partial charge in [-0.3, -0.25) is 19.3 Å². The zero-order valence-electron chi connectivity index (χ0n) is 12.1. The Morgan fingerprint density at radius 2 is 1.70 bits per heavy atom. The van der Waals surface area contributed by atoms with E-state index in [2.05, 4.69) is 5.32 Å². The molecule has 1 N–H and O–H groups in total. The summed E-state index contributed by atoms with van der Waals surface area (Å²) in [6.07, 6.45) is 0.0358. The van der Waals surface area contributed by atoms with Crippen molar-refractivity contribution >= 4 is 35.0 Å². The summed E-state index contributed by atoms with van der Waals surface area (Å²) < 4.78 is 0. The molecule has 1 aliphatic heterocycles. The van der Waals surface area contributed by atoms with E-state index in [0.717, 1.165) is 4.90 Å². The molecule has 116 valence electrons. The van der Waals surface area contributed by atoms with Gasteiger partial charge in [0.2, 0.25) is 5.91 Å². The normalized spacial score (nSPS) is 13.2. The van der Waals surface area contributed by atoms with Gasteiger partial charge in [0.1, 0.15) is 0 Å². The Balaban J connectivity index is 1.64. The van der Waals surface area contributed by atoms with Crippen LogP contribution >= 0.6 is 11.6 Å². The van der Waals surface area contributed by atoms with Gasteiger partial charge in [0.15, 0.2) is 0 Å². The molecule has 0 spiro atoms. The number of para-hydroxylation sites is 1. The fourth-order valence-corrected chi connectivity index (χ4v) is 2.60. The molecule has 0 atom stereocenters. The molecule has 0 aromatic heterocycles. The number of hydrogen-bond donors (Lipinski definition) is 1. The van der Waals surface area contributed by atoms with Crippen LogP contribution in [0.5, 0.6) is 0 Å². The zero-order chi connectivity index (χ0) is 16.4. The van der Waals surface area contributed by atoms with Gasteiger partial charge >= 0.3 is 0 Å². The Kier molecular flexibility index (Phi) is 4.12. The molecule has 1 heterocycles. The van der Waals surface area contributed by atoms with Gasteiger partial charge in [-0.25, -0.2) is 0 Å². The van der Waals surface area contributed by atoms with Gasteiger partial charge in [-0.2, -0.15) is 0 Å². The summed E-state index contributed by atoms with van der Waals surface area (Å²) in [6, 6.07) is 13.6. The van der Waals surface area contributed by atoms with Crippen molar-refractivity contribution in [2.24, 2.45) is 0 Å². The Morgan fingerprint density at radius 3 is 2.43 bits per heavy atom. The van der Waals surface area contributed by atoms with E-state index in [1.165, 1.54) is 12.1 Å². The molecular formula is C17H13ClN2O3. The lowest BCUT2D eigenvalue weighted by Gasteiger charge is -2.13. The quantitative estimate of drug-likeness (QED) is 0.877. The van der Waals surface area contributed by atoms with E-state index in [0.29, 0.717) is 16.3 Å². The molecule has 0 fully saturated rings. The third-order valence-corrected chi connectivity index (χ3v) is 3.79. The highest BCUT2D eigenvalue weighted by atomic mass is 35.5. The number of fused-ring (bicyclic) bond motifs is 1. The molecular weight excluding hydrogens is 316 g/mol. The van der Waals surface area contributed by atoms with E-state index in [4.69, 9.17) is 11.6 Å². The fraction of sp³-hybridized carbons (Fsp3) is 0.118. The van der Waals surface area contributed by atoms with Crippen LogP contribution in [0.3, 0.4) is 0 Å². The molecule has 0 aliphatic carbocycles. The molecule has 0 radical (unpaired) electrons. The highest BCUT2D eigenvalue weighted by Crippen LogP contribution is 2.25. The Bertz CT molecular complexity index is 790. The van der Waals surface area contributed by atoms with E-state index < -0.39 is 11.8 Å². The van der Waals surface area contributed by atoms with Crippen LogP contribution in [0, 0.1) is 0 Å². The van der Waals surface area contributed by atoms with Crippen molar-refractivity contribution in [3.8, 4) is 0 Å². The summed E-state index contributed by atoms with van der Waals surface area (Å²) in [5.74, 6) is -1.07. The van der Waals surface area contributed by atoms with Crippen molar-refractivity contribution in [1.29, 1.82) is 0 Å². The first-order valence-electron chi connectivity index (χ1n) is 7.07. The molecule has 2 aromatic carbocycles. The van der Waals surface area contributed by atoms with Crippen LogP contribution in [0.15, 0.2) is 48.5 Å². The van der Waals surface area contributed by atoms with Crippen molar-refractivity contribution in [1.82, 2.24) is 4.90 Å². The number of halogens is 1. The van der Waals surface area contributed by atoms with E-state index in [1.54, 1.807) is 18.2 Å². The molecule has 23 heavy (non-hydrogen) atoms. The molecule has 0 unspecified atom stereocenters. The second-order valence-electron chi connectivity index (χ2n) is 5.12. The molecule has 0 saturated carbocycles. The number of anilines is 1. The first-order chi connectivity index (χ1) is 11.1. The van der Waals surface area contributed by atoms with Crippen LogP contribution in [0.2, 0.25) is 5.02 Å². The van der Waals surface area contributed by atoms with E-state index in [1.807, 2.05) is 18.2 Å². The van der Waals surface area contributed by atoms with Crippen LogP contribution in [0.1, 0.15) is 27.1 Å². The van der Waals surface area contributed by atoms with Gasteiger partial charge in [0.25, 0.3) is 11.8 Å². The summed E-state index contributed by atoms with van der Waals surface area (Å²) in [7, 11) is 0. The number of nitrogens with zero attached hydrogens (tertiary/aromatic N) is 1. The van der Waals surface area contributed by atoms with Crippen LogP contribution < -0.4 is 5.32 Å². The fourth-order valence-electron chi connectivity index (χ4n) is 2.42. The van der Waals surface area contributed by atoms with Crippen molar-refractivity contribution in [3.05, 3.63) is 64.7 Å². The summed E-state index contributed by atoms with van der Waals surface area (Å²) >= 11 is 5.86. The van der Waals surface area contributed by atoms with E-state index >= 15 is 0 Å². The van der Waals surface area contributed by atoms with Crippen LogP contribution in [0.25, 0.3) is 0 Å². The number of nitrogens with one attached hydrogen (secondary N) is 1. The first kappa shape index (κ1) is 15.2. The number of imide groups is 1. The average molecular weight is 329 g/mol. The van der Waals surface area contributed by atoms with Crippen molar-refractivity contribution in [3.63, 3.8) is 0 Å². The summed E-state index contributed by atoms with van der Waals surface area (Å²) in [5.41, 5.74) is 1.28. The zero-order valence-corrected chi connectivity index (χ0v) is 12.8. The second-order valence-corrected chi connectivity index (χ2v) is 5.55. The lowest BCUT2D eigenvalue weighted by Crippen LogP contribution is -2.32. The second kappa shape index (κ2) is 6.22. The van der Waals surface area contributed by atoms with Gasteiger partial charge in [0.05, 0.1) is 11.1 Å². The molecule has 0 saturated heterocycles. The van der Waals surface area contributed by atoms with Gasteiger partial charge in [-0.05, 0) is 30.3 Å². The molecule has 3 amide bonds. The van der Waals surface area contributed by atoms with Gasteiger partial charge in [0, 0.05) is 23.7 Å². The molecule has 5 nitrogen and oxygen atoms in total. The molecule has 6 heteroatoms. The number of rotatable bonds is 4. The predicted octanol–water partition coefficient (Wildman–Crippen LogP) is 2.96. The maximum atomic E-state index is 12.2. The number of carbonyl (C=O) groups is 3. The number of amides is 3. The third-order valence-electron chi connectivity index (χ3n) is 3.55. The first-order valence-corrected chi connectivity index (χ1v) is 7.45. The van der Waals surface area contributed by atoms with Crippen LogP contribution in [0.4, 0.5) is 5.69 Å². The monoisotopic (exact) mass is 328 g/mol. The maximum Gasteiger partial charge on any atom is 0.261 e. The van der Waals surface area contributed by atoms with Gasteiger partial charge in [-0.1, -0.05) is 29.8 Å². The maximum absolute atomic E-state index is 12.2. The minimum Gasteiger partial charge on any atom is -0.326 e. The average Bonchev–Trinajstić information content (AvgIpc) is 2.77. The SMILES string of the molecule is O=C(CCN1C(=O)c2ccc(Cl)cc2C1=O)Nc1ccccc1. The Morgan fingerprint density at radius 1 is 1.00 bits per heavy atom. The Labute approximate surface area is 137 Å². The summed E-state index contributed by atoms with van der Waals surface area (Å²) in [5, 5.41) is 3.11. The predicted molar refractivity (Wildman–Crippen MR) is 86.5 cm³/mol. The summed E-state index contributed by atoms with van der Waals surface area (Å²) in [4.78, 5) is 37.5. The minimum absolute atomic E-state index is 0.0304. The van der Waals surface area contributed by atoms with Crippen molar-refractivity contribution in [2.75, 3.05) is 11.9 Å². The molecule has 3 rings (SSSR count). The topological polar surface area (TPSA) is 66.5 Å². The molecule has 0 bridgehead atoms. The highest BCUT2D eigenvalue weighted by Gasteiger charge is 2.35. The highest BCUT2D eigenvalue weighted by molar-refractivity contribution is 6.32. The van der Waals surface area contributed by atoms with E-state index in [-0.39, 0.29) is 24.4 Å². The van der Waals surface area contributed by atoms with Crippen molar-refractivity contribution < 1.29 is 14.4 Å². The minimum atomic E-state index is -0.417. The largest absolute Gasteiger partial charge is 0.326 e. The number of hydrogen-bond acceptors (Lipinski definition) is 3. The van der Waals surface area contributed by atoms with Gasteiger partial charge in [-0.15, -0.1) is 0 Å². The third kappa shape index (κ3) is 3.10. The lowest BCUT2D eigenvalue weighted by molar-refractivity contribution is -0.116. The lowest BCUT2D eigenvalue weighted by atomic mass is 10.1. The van der Waals surface area contributed by atoms with Crippen molar-refractivity contribution in [2.45, 2.75) is 6.42 Å². The standard InChI is InChI=1S/C17H13ClN2O3/c18-11-6-7-13-14(10-11)17(23)20(16(13)22)9-8-15(21)19-12-4-2-1-3-5-12/h1-7,10H,8-9H2,(H,19,21). The smallest absolute Gasteiger partial charge is 0.261 e.